The van der Waals surface area contributed by atoms with Gasteiger partial charge in [-0.15, -0.1) is 0 Å². The van der Waals surface area contributed by atoms with Crippen LogP contribution in [0.1, 0.15) is 17.0 Å². The van der Waals surface area contributed by atoms with E-state index in [0.717, 1.165) is 21.3 Å². The minimum absolute atomic E-state index is 0.0300. The van der Waals surface area contributed by atoms with Gasteiger partial charge in [-0.3, -0.25) is 0 Å². The number of rotatable bonds is 4. The molecule has 0 saturated heterocycles. The average molecular weight is 307 g/mol. The number of hydrogen-bond acceptors (Lipinski definition) is 2. The van der Waals surface area contributed by atoms with E-state index in [1.165, 1.54) is 0 Å². The first-order valence-corrected chi connectivity index (χ1v) is 6.54. The van der Waals surface area contributed by atoms with Crippen molar-refractivity contribution in [2.45, 2.75) is 5.92 Å². The van der Waals surface area contributed by atoms with Crippen LogP contribution in [0, 0.1) is 0 Å². The minimum atomic E-state index is -0.0300. The van der Waals surface area contributed by atoms with E-state index in [1.807, 2.05) is 48.5 Å². The molecule has 0 aliphatic carbocycles. The lowest BCUT2D eigenvalue weighted by Crippen LogP contribution is -2.06. The molecule has 1 unspecified atom stereocenters. The average Bonchev–Trinajstić information content (AvgIpc) is 2.40. The second-order valence-corrected chi connectivity index (χ2v) is 4.98. The van der Waals surface area contributed by atoms with Crippen LogP contribution < -0.4 is 4.74 Å². The van der Waals surface area contributed by atoms with Crippen LogP contribution in [0.2, 0.25) is 0 Å². The number of aliphatic hydroxyl groups excluding tert-OH is 1. The van der Waals surface area contributed by atoms with Gasteiger partial charge in [-0.05, 0) is 35.4 Å². The molecule has 1 atom stereocenters. The van der Waals surface area contributed by atoms with E-state index in [9.17, 15) is 5.11 Å². The van der Waals surface area contributed by atoms with Crippen LogP contribution in [0.4, 0.5) is 0 Å². The van der Waals surface area contributed by atoms with E-state index in [1.54, 1.807) is 7.11 Å². The van der Waals surface area contributed by atoms with Crippen LogP contribution in [0.5, 0.6) is 5.75 Å². The molecule has 2 aromatic rings. The summed E-state index contributed by atoms with van der Waals surface area (Å²) in [5.41, 5.74) is 2.13. The topological polar surface area (TPSA) is 29.5 Å². The Hall–Kier alpha value is -1.32. The van der Waals surface area contributed by atoms with E-state index >= 15 is 0 Å². The monoisotopic (exact) mass is 306 g/mol. The Morgan fingerprint density at radius 2 is 1.78 bits per heavy atom. The second kappa shape index (κ2) is 6.03. The lowest BCUT2D eigenvalue weighted by atomic mass is 9.92. The normalized spacial score (nSPS) is 12.2. The third kappa shape index (κ3) is 2.92. The van der Waals surface area contributed by atoms with Crippen molar-refractivity contribution >= 4 is 15.9 Å². The molecule has 0 aliphatic rings. The summed E-state index contributed by atoms with van der Waals surface area (Å²) < 4.78 is 6.23. The predicted octanol–water partition coefficient (Wildman–Crippen LogP) is 3.58. The molecule has 2 rings (SSSR count). The summed E-state index contributed by atoms with van der Waals surface area (Å²) >= 11 is 3.45. The van der Waals surface area contributed by atoms with Crippen molar-refractivity contribution in [2.24, 2.45) is 0 Å². The maximum absolute atomic E-state index is 9.63. The molecule has 0 spiro atoms. The summed E-state index contributed by atoms with van der Waals surface area (Å²) in [6, 6.07) is 15.8. The molecule has 94 valence electrons. The summed E-state index contributed by atoms with van der Waals surface area (Å²) in [6.45, 7) is 0.0730. The zero-order valence-electron chi connectivity index (χ0n) is 10.1. The molecule has 0 amide bonds. The highest BCUT2D eigenvalue weighted by atomic mass is 79.9. The Kier molecular flexibility index (Phi) is 4.39. The maximum Gasteiger partial charge on any atom is 0.119 e. The van der Waals surface area contributed by atoms with Gasteiger partial charge in [0.25, 0.3) is 0 Å². The van der Waals surface area contributed by atoms with Gasteiger partial charge in [0.1, 0.15) is 5.75 Å². The van der Waals surface area contributed by atoms with Crippen molar-refractivity contribution in [3.8, 4) is 5.75 Å². The summed E-state index contributed by atoms with van der Waals surface area (Å²) in [7, 11) is 1.65. The van der Waals surface area contributed by atoms with Crippen LogP contribution >= 0.6 is 15.9 Å². The van der Waals surface area contributed by atoms with Gasteiger partial charge in [0.2, 0.25) is 0 Å². The molecule has 2 aromatic carbocycles. The van der Waals surface area contributed by atoms with Crippen molar-refractivity contribution in [3.05, 3.63) is 64.1 Å². The highest BCUT2D eigenvalue weighted by Gasteiger charge is 2.13. The van der Waals surface area contributed by atoms with Gasteiger partial charge >= 0.3 is 0 Å². The zero-order valence-corrected chi connectivity index (χ0v) is 11.7. The molecular weight excluding hydrogens is 292 g/mol. The molecular formula is C15H15BrO2. The van der Waals surface area contributed by atoms with Gasteiger partial charge in [-0.2, -0.15) is 0 Å². The van der Waals surface area contributed by atoms with Crippen molar-refractivity contribution in [1.82, 2.24) is 0 Å². The van der Waals surface area contributed by atoms with Gasteiger partial charge in [0, 0.05) is 10.4 Å². The Bertz CT molecular complexity index is 525. The standard InChI is InChI=1S/C15H15BrO2/c1-18-14-7-3-5-12(9-14)15(10-17)11-4-2-6-13(16)8-11/h2-9,15,17H,10H2,1H3. The van der Waals surface area contributed by atoms with Gasteiger partial charge in [-0.1, -0.05) is 40.2 Å². The summed E-state index contributed by atoms with van der Waals surface area (Å²) in [5, 5.41) is 9.63. The largest absolute Gasteiger partial charge is 0.497 e. The molecule has 0 fully saturated rings. The van der Waals surface area contributed by atoms with Crippen molar-refractivity contribution in [3.63, 3.8) is 0 Å². The van der Waals surface area contributed by atoms with Crippen LogP contribution in [0.3, 0.4) is 0 Å². The van der Waals surface area contributed by atoms with Crippen LogP contribution in [0.15, 0.2) is 53.0 Å². The van der Waals surface area contributed by atoms with E-state index in [0.29, 0.717) is 0 Å². The minimum Gasteiger partial charge on any atom is -0.497 e. The van der Waals surface area contributed by atoms with Crippen LogP contribution in [-0.4, -0.2) is 18.8 Å². The van der Waals surface area contributed by atoms with Gasteiger partial charge < -0.3 is 9.84 Å². The zero-order chi connectivity index (χ0) is 13.0. The maximum atomic E-state index is 9.63. The molecule has 1 N–H and O–H groups in total. The summed E-state index contributed by atoms with van der Waals surface area (Å²) in [5.74, 6) is 0.776. The molecule has 0 bridgehead atoms. The molecule has 0 aliphatic heterocycles. The van der Waals surface area contributed by atoms with Gasteiger partial charge in [0.05, 0.1) is 13.7 Å². The molecule has 3 heteroatoms. The number of benzene rings is 2. The first-order chi connectivity index (χ1) is 8.74. The van der Waals surface area contributed by atoms with Crippen LogP contribution in [-0.2, 0) is 0 Å². The van der Waals surface area contributed by atoms with E-state index in [-0.39, 0.29) is 12.5 Å². The molecule has 0 aromatic heterocycles. The van der Waals surface area contributed by atoms with E-state index in [4.69, 9.17) is 4.74 Å². The molecule has 0 radical (unpaired) electrons. The van der Waals surface area contributed by atoms with Crippen molar-refractivity contribution in [2.75, 3.05) is 13.7 Å². The van der Waals surface area contributed by atoms with Crippen LogP contribution in [0.25, 0.3) is 0 Å². The predicted molar refractivity (Wildman–Crippen MR) is 76.1 cm³/mol. The first kappa shape index (κ1) is 13.1. The third-order valence-electron chi connectivity index (χ3n) is 2.93. The third-order valence-corrected chi connectivity index (χ3v) is 3.42. The highest BCUT2D eigenvalue weighted by Crippen LogP contribution is 2.28. The Balaban J connectivity index is 2.38. The van der Waals surface area contributed by atoms with E-state index < -0.39 is 0 Å². The Labute approximate surface area is 115 Å². The van der Waals surface area contributed by atoms with Crippen molar-refractivity contribution in [1.29, 1.82) is 0 Å². The van der Waals surface area contributed by atoms with Gasteiger partial charge in [0.15, 0.2) is 0 Å². The highest BCUT2D eigenvalue weighted by molar-refractivity contribution is 9.10. The van der Waals surface area contributed by atoms with E-state index in [2.05, 4.69) is 15.9 Å². The number of aliphatic hydroxyl groups is 1. The molecule has 2 nitrogen and oxygen atoms in total. The number of halogens is 1. The number of methoxy groups -OCH3 is 1. The smallest absolute Gasteiger partial charge is 0.119 e. The first-order valence-electron chi connectivity index (χ1n) is 5.75. The van der Waals surface area contributed by atoms with Gasteiger partial charge in [-0.25, -0.2) is 0 Å². The number of ether oxygens (including phenoxy) is 1. The van der Waals surface area contributed by atoms with Crippen molar-refractivity contribution < 1.29 is 9.84 Å². The lowest BCUT2D eigenvalue weighted by Gasteiger charge is -2.16. The fourth-order valence-electron chi connectivity index (χ4n) is 1.98. The Morgan fingerprint density at radius 1 is 1.11 bits per heavy atom. The molecule has 18 heavy (non-hydrogen) atoms. The molecule has 0 saturated carbocycles. The Morgan fingerprint density at radius 3 is 2.39 bits per heavy atom. The molecule has 0 heterocycles. The lowest BCUT2D eigenvalue weighted by molar-refractivity contribution is 0.280. The summed E-state index contributed by atoms with van der Waals surface area (Å²) in [4.78, 5) is 0. The SMILES string of the molecule is COc1cccc(C(CO)c2cccc(Br)c2)c1. The fraction of sp³-hybridized carbons (Fsp3) is 0.200. The number of hydrogen-bond donors (Lipinski definition) is 1. The second-order valence-electron chi connectivity index (χ2n) is 4.07. The fourth-order valence-corrected chi connectivity index (χ4v) is 2.40. The quantitative estimate of drug-likeness (QED) is 0.935. The summed E-state index contributed by atoms with van der Waals surface area (Å²) in [6.07, 6.45) is 0.